The minimum Gasteiger partial charge on any atom is -0.346 e. The van der Waals surface area contributed by atoms with E-state index < -0.39 is 0 Å². The van der Waals surface area contributed by atoms with Crippen molar-refractivity contribution in [3.8, 4) is 0 Å². The van der Waals surface area contributed by atoms with Crippen molar-refractivity contribution in [1.82, 2.24) is 15.5 Å². The van der Waals surface area contributed by atoms with Gasteiger partial charge in [0.1, 0.15) is 0 Å². The van der Waals surface area contributed by atoms with Crippen LogP contribution in [0.15, 0.2) is 30.3 Å². The Kier molecular flexibility index (Phi) is 3.75. The van der Waals surface area contributed by atoms with Gasteiger partial charge in [0.05, 0.1) is 12.1 Å². The zero-order valence-electron chi connectivity index (χ0n) is 12.1. The van der Waals surface area contributed by atoms with E-state index in [2.05, 4.69) is 34.6 Å². The first kappa shape index (κ1) is 13.8. The Morgan fingerprint density at radius 1 is 1.29 bits per heavy atom. The summed E-state index contributed by atoms with van der Waals surface area (Å²) in [6.45, 7) is 4.68. The third-order valence-electron chi connectivity index (χ3n) is 3.42. The molecule has 0 unspecified atom stereocenters. The van der Waals surface area contributed by atoms with E-state index in [0.29, 0.717) is 12.2 Å². The summed E-state index contributed by atoms with van der Waals surface area (Å²) < 4.78 is 0. The van der Waals surface area contributed by atoms with Gasteiger partial charge in [-0.2, -0.15) is 5.10 Å². The molecule has 0 saturated heterocycles. The molecular weight excluding hydrogens is 282 g/mol. The van der Waals surface area contributed by atoms with Crippen LogP contribution < -0.4 is 5.32 Å². The van der Waals surface area contributed by atoms with Gasteiger partial charge in [0.2, 0.25) is 0 Å². The lowest BCUT2D eigenvalue weighted by atomic mass is 10.1. The van der Waals surface area contributed by atoms with Gasteiger partial charge < -0.3 is 5.32 Å². The Morgan fingerprint density at radius 2 is 2.10 bits per heavy atom. The quantitative estimate of drug-likeness (QED) is 0.775. The average molecular weight is 299 g/mol. The van der Waals surface area contributed by atoms with Crippen LogP contribution in [-0.4, -0.2) is 16.1 Å². The van der Waals surface area contributed by atoms with Crippen molar-refractivity contribution in [3.63, 3.8) is 0 Å². The number of aryl methyl sites for hydroxylation is 2. The number of benzene rings is 1. The number of nitrogens with zero attached hydrogens (tertiary/aromatic N) is 1. The molecule has 0 fully saturated rings. The Morgan fingerprint density at radius 3 is 2.86 bits per heavy atom. The summed E-state index contributed by atoms with van der Waals surface area (Å²) in [6, 6.07) is 10.1. The summed E-state index contributed by atoms with van der Waals surface area (Å²) in [4.78, 5) is 14.8. The van der Waals surface area contributed by atoms with Gasteiger partial charge in [-0.1, -0.05) is 18.6 Å². The maximum absolute atomic E-state index is 12.3. The van der Waals surface area contributed by atoms with Crippen LogP contribution in [0, 0.1) is 6.92 Å². The molecule has 0 bridgehead atoms. The molecule has 21 heavy (non-hydrogen) atoms. The maximum atomic E-state index is 12.3. The van der Waals surface area contributed by atoms with Gasteiger partial charge in [-0.3, -0.25) is 9.89 Å². The smallest absolute Gasteiger partial charge is 0.272 e. The summed E-state index contributed by atoms with van der Waals surface area (Å²) in [6.07, 6.45) is 1.03. The van der Waals surface area contributed by atoms with E-state index in [1.54, 1.807) is 11.3 Å². The van der Waals surface area contributed by atoms with Crippen molar-refractivity contribution in [3.05, 3.63) is 51.3 Å². The molecule has 0 aliphatic heterocycles. The molecule has 2 heterocycles. The zero-order chi connectivity index (χ0) is 14.8. The Balaban J connectivity index is 1.76. The van der Waals surface area contributed by atoms with Crippen molar-refractivity contribution in [2.45, 2.75) is 26.8 Å². The fourth-order valence-corrected chi connectivity index (χ4v) is 3.16. The van der Waals surface area contributed by atoms with E-state index in [-0.39, 0.29) is 5.91 Å². The summed E-state index contributed by atoms with van der Waals surface area (Å²) in [5.41, 5.74) is 2.46. The number of amides is 1. The molecule has 4 nitrogen and oxygen atoms in total. The molecule has 2 N–H and O–H groups in total. The van der Waals surface area contributed by atoms with Gasteiger partial charge in [-0.15, -0.1) is 11.3 Å². The number of nitrogens with one attached hydrogen (secondary N) is 2. The molecule has 2 aromatic heterocycles. The molecule has 0 aliphatic carbocycles. The van der Waals surface area contributed by atoms with E-state index >= 15 is 0 Å². The van der Waals surface area contributed by atoms with E-state index in [0.717, 1.165) is 27.8 Å². The largest absolute Gasteiger partial charge is 0.346 e. The summed E-state index contributed by atoms with van der Waals surface area (Å²) in [5.74, 6) is -0.140. The molecule has 5 heteroatoms. The monoisotopic (exact) mass is 299 g/mol. The molecule has 3 aromatic rings. The summed E-state index contributed by atoms with van der Waals surface area (Å²) >= 11 is 1.74. The fourth-order valence-electron chi connectivity index (χ4n) is 2.26. The van der Waals surface area contributed by atoms with Crippen molar-refractivity contribution in [1.29, 1.82) is 0 Å². The summed E-state index contributed by atoms with van der Waals surface area (Å²) in [7, 11) is 0. The number of thiophene rings is 1. The first-order chi connectivity index (χ1) is 10.2. The molecule has 0 radical (unpaired) electrons. The minimum absolute atomic E-state index is 0.140. The predicted octanol–water partition coefficient (Wildman–Crippen LogP) is 3.43. The number of aromatic nitrogens is 2. The second-order valence-corrected chi connectivity index (χ2v) is 6.28. The third kappa shape index (κ3) is 2.83. The zero-order valence-corrected chi connectivity index (χ0v) is 12.9. The first-order valence-corrected chi connectivity index (χ1v) is 7.79. The van der Waals surface area contributed by atoms with Crippen molar-refractivity contribution in [2.75, 3.05) is 0 Å². The van der Waals surface area contributed by atoms with Crippen molar-refractivity contribution < 1.29 is 4.79 Å². The maximum Gasteiger partial charge on any atom is 0.272 e. The topological polar surface area (TPSA) is 57.8 Å². The van der Waals surface area contributed by atoms with Crippen LogP contribution in [-0.2, 0) is 13.0 Å². The number of carbonyl (C=O) groups excluding carboxylic acids is 1. The Bertz CT molecular complexity index is 788. The van der Waals surface area contributed by atoms with Crippen LogP contribution in [0.25, 0.3) is 10.9 Å². The second kappa shape index (κ2) is 5.69. The second-order valence-electron chi connectivity index (χ2n) is 5.03. The van der Waals surface area contributed by atoms with Crippen LogP contribution in [0.2, 0.25) is 0 Å². The highest BCUT2D eigenvalue weighted by molar-refractivity contribution is 7.11. The van der Waals surface area contributed by atoms with E-state index in [1.807, 2.05) is 25.1 Å². The van der Waals surface area contributed by atoms with Crippen LogP contribution in [0.4, 0.5) is 0 Å². The highest BCUT2D eigenvalue weighted by atomic mass is 32.1. The van der Waals surface area contributed by atoms with Crippen LogP contribution >= 0.6 is 11.3 Å². The highest BCUT2D eigenvalue weighted by Gasteiger charge is 2.14. The number of aromatic amines is 1. The van der Waals surface area contributed by atoms with E-state index in [4.69, 9.17) is 0 Å². The SMILES string of the molecule is CCc1ccc(CNC(=O)c2n[nH]c3ccc(C)cc23)s1. The van der Waals surface area contributed by atoms with E-state index in [1.165, 1.54) is 4.88 Å². The molecular formula is C16H17N3OS. The average Bonchev–Trinajstić information content (AvgIpc) is 3.10. The molecule has 3 rings (SSSR count). The molecule has 1 amide bonds. The number of hydrogen-bond acceptors (Lipinski definition) is 3. The Labute approximate surface area is 127 Å². The number of rotatable bonds is 4. The van der Waals surface area contributed by atoms with Crippen LogP contribution in [0.1, 0.15) is 32.7 Å². The number of hydrogen-bond donors (Lipinski definition) is 2. The lowest BCUT2D eigenvalue weighted by molar-refractivity contribution is 0.0948. The minimum atomic E-state index is -0.140. The van der Waals surface area contributed by atoms with Gasteiger partial charge >= 0.3 is 0 Å². The molecule has 0 saturated carbocycles. The molecule has 0 atom stereocenters. The van der Waals surface area contributed by atoms with Crippen molar-refractivity contribution >= 4 is 28.1 Å². The van der Waals surface area contributed by atoms with Gasteiger partial charge in [0, 0.05) is 15.1 Å². The normalized spacial score (nSPS) is 11.0. The van der Waals surface area contributed by atoms with Gasteiger partial charge in [-0.05, 0) is 37.6 Å². The lowest BCUT2D eigenvalue weighted by Crippen LogP contribution is -2.22. The Hall–Kier alpha value is -2.14. The third-order valence-corrected chi connectivity index (χ3v) is 4.65. The number of fused-ring (bicyclic) bond motifs is 1. The predicted molar refractivity (Wildman–Crippen MR) is 85.7 cm³/mol. The lowest BCUT2D eigenvalue weighted by Gasteiger charge is -2.01. The highest BCUT2D eigenvalue weighted by Crippen LogP contribution is 2.19. The number of carbonyl (C=O) groups is 1. The number of H-pyrrole nitrogens is 1. The van der Waals surface area contributed by atoms with Gasteiger partial charge in [-0.25, -0.2) is 0 Å². The van der Waals surface area contributed by atoms with Crippen LogP contribution in [0.5, 0.6) is 0 Å². The van der Waals surface area contributed by atoms with Gasteiger partial charge in [0.15, 0.2) is 5.69 Å². The standard InChI is InChI=1S/C16H17N3OS/c1-3-11-5-6-12(21-11)9-17-16(20)15-13-8-10(2)4-7-14(13)18-19-15/h4-8H,3,9H2,1-2H3,(H,17,20)(H,18,19). The molecule has 1 aromatic carbocycles. The van der Waals surface area contributed by atoms with Crippen LogP contribution in [0.3, 0.4) is 0 Å². The molecule has 0 spiro atoms. The fraction of sp³-hybridized carbons (Fsp3) is 0.250. The molecule has 0 aliphatic rings. The van der Waals surface area contributed by atoms with E-state index in [9.17, 15) is 4.79 Å². The van der Waals surface area contributed by atoms with Crippen molar-refractivity contribution in [2.24, 2.45) is 0 Å². The first-order valence-electron chi connectivity index (χ1n) is 6.98. The van der Waals surface area contributed by atoms with Gasteiger partial charge in [0.25, 0.3) is 5.91 Å². The molecule has 108 valence electrons. The summed E-state index contributed by atoms with van der Waals surface area (Å²) in [5, 5.41) is 10.8.